The second-order valence-electron chi connectivity index (χ2n) is 11.8. The van der Waals surface area contributed by atoms with Crippen molar-refractivity contribution in [2.75, 3.05) is 26.4 Å². The Morgan fingerprint density at radius 3 is 1.62 bits per heavy atom. The van der Waals surface area contributed by atoms with Crippen molar-refractivity contribution in [3.8, 4) is 11.5 Å². The zero-order valence-corrected chi connectivity index (χ0v) is 25.4. The Morgan fingerprint density at radius 1 is 0.667 bits per heavy atom. The molecule has 3 aromatic carbocycles. The first-order valence-corrected chi connectivity index (χ1v) is 15.6. The molecule has 2 aliphatic heterocycles. The molecule has 6 nitrogen and oxygen atoms in total. The molecule has 3 aromatic rings. The van der Waals surface area contributed by atoms with E-state index in [2.05, 4.69) is 31.2 Å². The summed E-state index contributed by atoms with van der Waals surface area (Å²) in [6, 6.07) is 16.4. The number of ether oxygens (including phenoxy) is 4. The van der Waals surface area contributed by atoms with Crippen LogP contribution < -0.4 is 0 Å². The number of aromatic hydroxyl groups is 2. The summed E-state index contributed by atoms with van der Waals surface area (Å²) in [5.74, 6) is 0.154. The van der Waals surface area contributed by atoms with Gasteiger partial charge in [-0.25, -0.2) is 0 Å². The zero-order chi connectivity index (χ0) is 29.5. The maximum Gasteiger partial charge on any atom is 0.157 e. The van der Waals surface area contributed by atoms with E-state index in [9.17, 15) is 10.2 Å². The lowest BCUT2D eigenvalue weighted by Crippen LogP contribution is -2.23. The Balaban J connectivity index is 1.46. The molecule has 0 spiro atoms. The van der Waals surface area contributed by atoms with E-state index >= 15 is 0 Å². The minimum Gasteiger partial charge on any atom is -0.507 e. The van der Waals surface area contributed by atoms with Gasteiger partial charge in [0.15, 0.2) is 12.6 Å². The van der Waals surface area contributed by atoms with Crippen LogP contribution in [0.5, 0.6) is 11.5 Å². The van der Waals surface area contributed by atoms with Crippen molar-refractivity contribution in [1.82, 2.24) is 0 Å². The van der Waals surface area contributed by atoms with Crippen molar-refractivity contribution in [3.63, 3.8) is 0 Å². The molecule has 2 heterocycles. The summed E-state index contributed by atoms with van der Waals surface area (Å²) in [7, 11) is 0. The van der Waals surface area contributed by atoms with Gasteiger partial charge in [0.05, 0.1) is 13.2 Å². The summed E-state index contributed by atoms with van der Waals surface area (Å²) in [6.07, 6.45) is 7.47. The molecule has 0 radical (unpaired) electrons. The summed E-state index contributed by atoms with van der Waals surface area (Å²) in [6.45, 7) is 8.58. The maximum atomic E-state index is 11.5. The third-order valence-corrected chi connectivity index (χ3v) is 8.57. The van der Waals surface area contributed by atoms with Gasteiger partial charge in [0.1, 0.15) is 11.5 Å². The Hall–Kier alpha value is -2.90. The Bertz CT molecular complexity index is 1240. The largest absolute Gasteiger partial charge is 0.507 e. The minimum absolute atomic E-state index is 0.132. The summed E-state index contributed by atoms with van der Waals surface area (Å²) >= 11 is 0. The normalized spacial score (nSPS) is 20.0. The van der Waals surface area contributed by atoms with Gasteiger partial charge in [0.2, 0.25) is 0 Å². The molecule has 2 atom stereocenters. The highest BCUT2D eigenvalue weighted by atomic mass is 16.7. The van der Waals surface area contributed by atoms with Crippen LogP contribution in [-0.4, -0.2) is 49.2 Å². The fourth-order valence-corrected chi connectivity index (χ4v) is 6.21. The predicted molar refractivity (Wildman–Crippen MR) is 164 cm³/mol. The average Bonchev–Trinajstić information content (AvgIpc) is 3.00. The van der Waals surface area contributed by atoms with E-state index < -0.39 is 0 Å². The molecule has 0 aliphatic carbocycles. The van der Waals surface area contributed by atoms with Gasteiger partial charge >= 0.3 is 0 Å². The van der Waals surface area contributed by atoms with Crippen LogP contribution in [0.3, 0.4) is 0 Å². The van der Waals surface area contributed by atoms with E-state index in [1.54, 1.807) is 0 Å². The summed E-state index contributed by atoms with van der Waals surface area (Å²) < 4.78 is 23.5. The van der Waals surface area contributed by atoms with Crippen LogP contribution in [0.25, 0.3) is 0 Å². The second-order valence-corrected chi connectivity index (χ2v) is 11.8. The van der Waals surface area contributed by atoms with Gasteiger partial charge in [-0.15, -0.1) is 0 Å². The number of hydrogen-bond acceptors (Lipinski definition) is 6. The highest BCUT2D eigenvalue weighted by Gasteiger charge is 2.27. The first-order chi connectivity index (χ1) is 20.4. The van der Waals surface area contributed by atoms with Gasteiger partial charge in [-0.3, -0.25) is 0 Å². The third-order valence-electron chi connectivity index (χ3n) is 8.57. The van der Waals surface area contributed by atoms with E-state index in [4.69, 9.17) is 18.9 Å². The first-order valence-electron chi connectivity index (χ1n) is 15.6. The van der Waals surface area contributed by atoms with Crippen LogP contribution in [0.15, 0.2) is 48.5 Å². The molecule has 0 amide bonds. The highest BCUT2D eigenvalue weighted by Crippen LogP contribution is 2.44. The van der Waals surface area contributed by atoms with Crippen LogP contribution in [0.1, 0.15) is 89.0 Å². The summed E-state index contributed by atoms with van der Waals surface area (Å²) in [5, 5.41) is 23.0. The van der Waals surface area contributed by atoms with E-state index in [-0.39, 0.29) is 30.0 Å². The topological polar surface area (TPSA) is 77.4 Å². The second kappa shape index (κ2) is 14.5. The number of rotatable bonds is 11. The molecule has 2 unspecified atom stereocenters. The average molecular weight is 575 g/mol. The standard InChI is InChI=1S/C36H46O6/c1-24-10-4-5-11-29(24)34(30-22-27(20-25(2)35(30)37)14-18-41-32-12-6-8-16-39-32)31-23-28(21-26(3)36(31)38)15-19-42-33-13-7-9-17-40-33/h4-5,10-11,20-23,32-34,37-38H,6-9,12-19H2,1-3H3. The molecule has 2 aliphatic rings. The van der Waals surface area contributed by atoms with E-state index in [0.29, 0.717) is 26.1 Å². The number of hydrogen-bond donors (Lipinski definition) is 2. The van der Waals surface area contributed by atoms with E-state index in [1.165, 1.54) is 0 Å². The fraction of sp³-hybridized carbons (Fsp3) is 0.500. The van der Waals surface area contributed by atoms with Crippen LogP contribution in [0.2, 0.25) is 0 Å². The monoisotopic (exact) mass is 574 g/mol. The zero-order valence-electron chi connectivity index (χ0n) is 25.4. The van der Waals surface area contributed by atoms with Gasteiger partial charge in [-0.2, -0.15) is 0 Å². The molecule has 2 saturated heterocycles. The quantitative estimate of drug-likeness (QED) is 0.233. The van der Waals surface area contributed by atoms with Crippen molar-refractivity contribution in [3.05, 3.63) is 93.0 Å². The molecule has 0 saturated carbocycles. The van der Waals surface area contributed by atoms with Gasteiger partial charge in [-0.05, 0) is 106 Å². The lowest BCUT2D eigenvalue weighted by Gasteiger charge is -2.26. The van der Waals surface area contributed by atoms with E-state index in [0.717, 1.165) is 96.2 Å². The number of aryl methyl sites for hydroxylation is 3. The van der Waals surface area contributed by atoms with Crippen molar-refractivity contribution in [1.29, 1.82) is 0 Å². The molecular formula is C36H46O6. The SMILES string of the molecule is Cc1ccccc1C(c1cc(CCOC2CCCCO2)cc(C)c1O)c1cc(CCOC2CCCCO2)cc(C)c1O. The molecule has 5 rings (SSSR count). The van der Waals surface area contributed by atoms with Gasteiger partial charge in [-0.1, -0.05) is 48.5 Å². The molecule has 2 fully saturated rings. The van der Waals surface area contributed by atoms with Gasteiger partial charge < -0.3 is 29.2 Å². The Morgan fingerprint density at radius 2 is 1.17 bits per heavy atom. The molecule has 0 bridgehead atoms. The van der Waals surface area contributed by atoms with Gasteiger partial charge in [0, 0.05) is 30.3 Å². The fourth-order valence-electron chi connectivity index (χ4n) is 6.21. The van der Waals surface area contributed by atoms with Crippen molar-refractivity contribution in [2.24, 2.45) is 0 Å². The van der Waals surface area contributed by atoms with Crippen LogP contribution in [0.4, 0.5) is 0 Å². The first kappa shape index (κ1) is 30.6. The van der Waals surface area contributed by atoms with Crippen molar-refractivity contribution >= 4 is 0 Å². The van der Waals surface area contributed by atoms with Crippen LogP contribution >= 0.6 is 0 Å². The molecular weight excluding hydrogens is 528 g/mol. The number of benzene rings is 3. The highest BCUT2D eigenvalue weighted by molar-refractivity contribution is 5.59. The van der Waals surface area contributed by atoms with Crippen molar-refractivity contribution in [2.45, 2.75) is 90.6 Å². The lowest BCUT2D eigenvalue weighted by atomic mass is 9.79. The van der Waals surface area contributed by atoms with Gasteiger partial charge in [0.25, 0.3) is 0 Å². The number of phenols is 2. The molecule has 6 heteroatoms. The number of phenolic OH excluding ortho intramolecular Hbond substituents is 2. The van der Waals surface area contributed by atoms with Crippen LogP contribution in [0, 0.1) is 20.8 Å². The molecule has 226 valence electrons. The Kier molecular flexibility index (Phi) is 10.6. The maximum absolute atomic E-state index is 11.5. The Labute approximate surface area is 250 Å². The molecule has 2 N–H and O–H groups in total. The van der Waals surface area contributed by atoms with E-state index in [1.807, 2.05) is 38.1 Å². The minimum atomic E-state index is -0.353. The summed E-state index contributed by atoms with van der Waals surface area (Å²) in [5.41, 5.74) is 7.51. The molecule has 42 heavy (non-hydrogen) atoms. The van der Waals surface area contributed by atoms with Crippen molar-refractivity contribution < 1.29 is 29.2 Å². The summed E-state index contributed by atoms with van der Waals surface area (Å²) in [4.78, 5) is 0. The lowest BCUT2D eigenvalue weighted by molar-refractivity contribution is -0.161. The third kappa shape index (κ3) is 7.54. The predicted octanol–water partition coefficient (Wildman–Crippen LogP) is 7.37. The smallest absolute Gasteiger partial charge is 0.157 e. The molecule has 0 aromatic heterocycles. The van der Waals surface area contributed by atoms with Crippen LogP contribution in [-0.2, 0) is 31.8 Å².